The Morgan fingerprint density at radius 3 is 2.35 bits per heavy atom. The number of amides is 1. The van der Waals surface area contributed by atoms with Gasteiger partial charge in [0.1, 0.15) is 0 Å². The van der Waals surface area contributed by atoms with Gasteiger partial charge in [0.15, 0.2) is 0 Å². The fourth-order valence-corrected chi connectivity index (χ4v) is 3.40. The minimum Gasteiger partial charge on any atom is -0.478 e. The second kappa shape index (κ2) is 7.43. The molecule has 1 aliphatic heterocycles. The Labute approximate surface area is 160 Å². The summed E-state index contributed by atoms with van der Waals surface area (Å²) in [6.07, 6.45) is 0. The minimum atomic E-state index is -1.18. The molecule has 0 unspecified atom stereocenters. The average Bonchev–Trinajstić information content (AvgIpc) is 2.63. The van der Waals surface area contributed by atoms with Gasteiger partial charge in [0, 0.05) is 31.9 Å². The van der Waals surface area contributed by atoms with Crippen LogP contribution in [0.5, 0.6) is 0 Å². The molecule has 0 aliphatic carbocycles. The lowest BCUT2D eigenvalue weighted by Crippen LogP contribution is -2.49. The summed E-state index contributed by atoms with van der Waals surface area (Å²) in [4.78, 5) is 27.8. The van der Waals surface area contributed by atoms with Gasteiger partial charge in [0.05, 0.1) is 26.9 Å². The molecule has 1 amide bonds. The summed E-state index contributed by atoms with van der Waals surface area (Å²) >= 11 is 12.3. The Bertz CT molecular complexity index is 865. The molecule has 3 rings (SSSR count). The SMILES string of the molecule is Nc1ccc(C(=O)N2CCN(c3cccc(Cl)c3Cl)CC2)c(C(=O)O)c1. The average molecular weight is 394 g/mol. The standard InChI is InChI=1S/C18H17Cl2N3O3/c19-14-2-1-3-15(16(14)20)22-6-8-23(9-7-22)17(24)12-5-4-11(21)10-13(12)18(25)26/h1-5,10H,6-9,21H2,(H,25,26). The lowest BCUT2D eigenvalue weighted by atomic mass is 10.0. The maximum atomic E-state index is 12.8. The van der Waals surface area contributed by atoms with Crippen LogP contribution in [0.1, 0.15) is 20.7 Å². The summed E-state index contributed by atoms with van der Waals surface area (Å²) in [6.45, 7) is 2.04. The van der Waals surface area contributed by atoms with Crippen LogP contribution >= 0.6 is 23.2 Å². The zero-order valence-corrected chi connectivity index (χ0v) is 15.3. The van der Waals surface area contributed by atoms with Crippen molar-refractivity contribution in [3.05, 3.63) is 57.6 Å². The Hall–Kier alpha value is -2.44. The third-order valence-corrected chi connectivity index (χ3v) is 5.15. The van der Waals surface area contributed by atoms with Crippen molar-refractivity contribution in [2.45, 2.75) is 0 Å². The van der Waals surface area contributed by atoms with Crippen LogP contribution < -0.4 is 10.6 Å². The summed E-state index contributed by atoms with van der Waals surface area (Å²) in [5.41, 5.74) is 6.82. The molecule has 8 heteroatoms. The number of carbonyl (C=O) groups excluding carboxylic acids is 1. The molecular formula is C18H17Cl2N3O3. The quantitative estimate of drug-likeness (QED) is 0.781. The number of aromatic carboxylic acids is 1. The van der Waals surface area contributed by atoms with E-state index in [-0.39, 0.29) is 17.0 Å². The van der Waals surface area contributed by atoms with Crippen LogP contribution in [-0.4, -0.2) is 48.1 Å². The van der Waals surface area contributed by atoms with Crippen LogP contribution in [0.4, 0.5) is 11.4 Å². The molecule has 1 fully saturated rings. The van der Waals surface area contributed by atoms with Crippen molar-refractivity contribution in [2.75, 3.05) is 36.8 Å². The number of hydrogen-bond acceptors (Lipinski definition) is 4. The third kappa shape index (κ3) is 3.57. The van der Waals surface area contributed by atoms with E-state index in [0.29, 0.717) is 41.9 Å². The molecule has 0 saturated carbocycles. The molecule has 0 radical (unpaired) electrons. The van der Waals surface area contributed by atoms with Crippen LogP contribution in [0, 0.1) is 0 Å². The van der Waals surface area contributed by atoms with E-state index in [0.717, 1.165) is 5.69 Å². The highest BCUT2D eigenvalue weighted by Gasteiger charge is 2.26. The van der Waals surface area contributed by atoms with Gasteiger partial charge in [-0.25, -0.2) is 4.79 Å². The Morgan fingerprint density at radius 1 is 1.00 bits per heavy atom. The number of rotatable bonds is 3. The van der Waals surface area contributed by atoms with Crippen molar-refractivity contribution in [2.24, 2.45) is 0 Å². The summed E-state index contributed by atoms with van der Waals surface area (Å²) in [7, 11) is 0. The van der Waals surface area contributed by atoms with E-state index in [9.17, 15) is 14.7 Å². The molecule has 0 atom stereocenters. The van der Waals surface area contributed by atoms with Gasteiger partial charge in [-0.3, -0.25) is 4.79 Å². The van der Waals surface area contributed by atoms with E-state index in [1.54, 1.807) is 11.0 Å². The van der Waals surface area contributed by atoms with E-state index in [4.69, 9.17) is 28.9 Å². The molecular weight excluding hydrogens is 377 g/mol. The predicted molar refractivity (Wildman–Crippen MR) is 102 cm³/mol. The third-order valence-electron chi connectivity index (χ3n) is 4.34. The van der Waals surface area contributed by atoms with Crippen LogP contribution in [0.3, 0.4) is 0 Å². The molecule has 0 aromatic heterocycles. The van der Waals surface area contributed by atoms with Crippen molar-refractivity contribution in [3.8, 4) is 0 Å². The Balaban J connectivity index is 1.75. The molecule has 1 saturated heterocycles. The first kappa shape index (κ1) is 18.4. The maximum Gasteiger partial charge on any atom is 0.336 e. The van der Waals surface area contributed by atoms with Gasteiger partial charge in [-0.15, -0.1) is 0 Å². The Morgan fingerprint density at radius 2 is 1.69 bits per heavy atom. The smallest absolute Gasteiger partial charge is 0.336 e. The monoisotopic (exact) mass is 393 g/mol. The number of carboxylic acids is 1. The van der Waals surface area contributed by atoms with Gasteiger partial charge in [-0.1, -0.05) is 29.3 Å². The second-order valence-corrected chi connectivity index (χ2v) is 6.75. The molecule has 6 nitrogen and oxygen atoms in total. The van der Waals surface area contributed by atoms with Gasteiger partial charge in [0.2, 0.25) is 0 Å². The van der Waals surface area contributed by atoms with E-state index in [1.807, 2.05) is 12.1 Å². The van der Waals surface area contributed by atoms with Gasteiger partial charge >= 0.3 is 5.97 Å². The van der Waals surface area contributed by atoms with Crippen molar-refractivity contribution in [1.82, 2.24) is 4.90 Å². The van der Waals surface area contributed by atoms with E-state index in [1.165, 1.54) is 18.2 Å². The highest BCUT2D eigenvalue weighted by Crippen LogP contribution is 2.33. The predicted octanol–water partition coefficient (Wildman–Crippen LogP) is 3.24. The summed E-state index contributed by atoms with van der Waals surface area (Å²) in [5.74, 6) is -1.50. The largest absolute Gasteiger partial charge is 0.478 e. The van der Waals surface area contributed by atoms with Crippen molar-refractivity contribution < 1.29 is 14.7 Å². The number of carbonyl (C=O) groups is 2. The number of halogens is 2. The van der Waals surface area contributed by atoms with Crippen LogP contribution in [0.25, 0.3) is 0 Å². The lowest BCUT2D eigenvalue weighted by Gasteiger charge is -2.36. The maximum absolute atomic E-state index is 12.8. The van der Waals surface area contributed by atoms with Crippen molar-refractivity contribution in [1.29, 1.82) is 0 Å². The first-order chi connectivity index (χ1) is 12.4. The first-order valence-electron chi connectivity index (χ1n) is 7.99. The summed E-state index contributed by atoms with van der Waals surface area (Å²) in [6, 6.07) is 9.73. The molecule has 1 aliphatic rings. The summed E-state index contributed by atoms with van der Waals surface area (Å²) in [5, 5.41) is 10.3. The Kier molecular flexibility index (Phi) is 5.25. The molecule has 3 N–H and O–H groups in total. The second-order valence-electron chi connectivity index (χ2n) is 5.96. The zero-order valence-electron chi connectivity index (χ0n) is 13.8. The molecule has 1 heterocycles. The number of piperazine rings is 1. The number of nitrogen functional groups attached to an aromatic ring is 1. The minimum absolute atomic E-state index is 0.0877. The lowest BCUT2D eigenvalue weighted by molar-refractivity contribution is 0.0673. The van der Waals surface area contributed by atoms with E-state index < -0.39 is 5.97 Å². The highest BCUT2D eigenvalue weighted by atomic mass is 35.5. The molecule has 2 aromatic rings. The van der Waals surface area contributed by atoms with Gasteiger partial charge in [-0.05, 0) is 30.3 Å². The molecule has 0 spiro atoms. The van der Waals surface area contributed by atoms with E-state index in [2.05, 4.69) is 4.90 Å². The number of benzene rings is 2. The fraction of sp³-hybridized carbons (Fsp3) is 0.222. The van der Waals surface area contributed by atoms with Crippen LogP contribution in [0.15, 0.2) is 36.4 Å². The van der Waals surface area contributed by atoms with Gasteiger partial charge in [-0.2, -0.15) is 0 Å². The zero-order chi connectivity index (χ0) is 18.8. The normalized spacial score (nSPS) is 14.4. The number of nitrogens with zero attached hydrogens (tertiary/aromatic N) is 2. The topological polar surface area (TPSA) is 86.9 Å². The van der Waals surface area contributed by atoms with Gasteiger partial charge in [0.25, 0.3) is 5.91 Å². The first-order valence-corrected chi connectivity index (χ1v) is 8.75. The van der Waals surface area contributed by atoms with Crippen LogP contribution in [0.2, 0.25) is 10.0 Å². The molecule has 26 heavy (non-hydrogen) atoms. The van der Waals surface area contributed by atoms with Crippen molar-refractivity contribution >= 4 is 46.5 Å². The number of carboxylic acid groups (broad SMARTS) is 1. The summed E-state index contributed by atoms with van der Waals surface area (Å²) < 4.78 is 0. The van der Waals surface area contributed by atoms with E-state index >= 15 is 0 Å². The fourth-order valence-electron chi connectivity index (χ4n) is 2.98. The molecule has 0 bridgehead atoms. The number of hydrogen-bond donors (Lipinski definition) is 2. The molecule has 2 aromatic carbocycles. The number of nitrogens with two attached hydrogens (primary N) is 1. The highest BCUT2D eigenvalue weighted by molar-refractivity contribution is 6.43. The van der Waals surface area contributed by atoms with Crippen LogP contribution in [-0.2, 0) is 0 Å². The van der Waals surface area contributed by atoms with Gasteiger partial charge < -0.3 is 20.6 Å². The molecule has 136 valence electrons. The number of anilines is 2. The van der Waals surface area contributed by atoms with Crippen molar-refractivity contribution in [3.63, 3.8) is 0 Å².